The highest BCUT2D eigenvalue weighted by molar-refractivity contribution is 7.93. The van der Waals surface area contributed by atoms with Crippen molar-refractivity contribution in [1.82, 2.24) is 0 Å². The lowest BCUT2D eigenvalue weighted by Gasteiger charge is -2.21. The van der Waals surface area contributed by atoms with Gasteiger partial charge in [-0.05, 0) is 148 Å². The number of aryl methyl sites for hydroxylation is 6. The van der Waals surface area contributed by atoms with Crippen molar-refractivity contribution in [3.63, 3.8) is 0 Å². The van der Waals surface area contributed by atoms with Crippen molar-refractivity contribution in [3.05, 3.63) is 152 Å². The predicted octanol–water partition coefficient (Wildman–Crippen LogP) is 9.55. The van der Waals surface area contributed by atoms with Gasteiger partial charge in [-0.15, -0.1) is 0 Å². The Bertz CT molecular complexity index is 4460. The van der Waals surface area contributed by atoms with Crippen LogP contribution in [0.3, 0.4) is 0 Å². The number of aromatic carboxylic acids is 2. The number of nitrogens with zero attached hydrogens (tertiary/aromatic N) is 1. The van der Waals surface area contributed by atoms with Gasteiger partial charge < -0.3 is 30.2 Å². The zero-order valence-electron chi connectivity index (χ0n) is 42.4. The molecule has 0 bridgehead atoms. The van der Waals surface area contributed by atoms with Gasteiger partial charge in [-0.25, -0.2) is 31.4 Å². The molecule has 1 heterocycles. The number of nitrogens with one attached hydrogen (secondary N) is 3. The lowest BCUT2D eigenvalue weighted by Crippen LogP contribution is -2.17. The molecular weight excluding hydrogens is 1090 g/mol. The number of fused-ring (bicyclic) bond motifs is 2. The summed E-state index contributed by atoms with van der Waals surface area (Å²) < 4.78 is 141. The van der Waals surface area contributed by atoms with Gasteiger partial charge in [-0.1, -0.05) is 30.3 Å². The first-order chi connectivity index (χ1) is 36.2. The summed E-state index contributed by atoms with van der Waals surface area (Å²) in [5, 5.41) is 42.9. The maximum Gasteiger partial charge on any atom is 0.339 e. The van der Waals surface area contributed by atoms with Crippen molar-refractivity contribution in [3.8, 4) is 33.9 Å². The van der Waals surface area contributed by atoms with E-state index in [0.717, 1.165) is 42.5 Å². The van der Waals surface area contributed by atoms with E-state index in [4.69, 9.17) is 4.42 Å². The molecule has 0 unspecified atom stereocenters. The summed E-state index contributed by atoms with van der Waals surface area (Å²) in [6, 6.07) is 19.2. The third-order valence-electron chi connectivity index (χ3n) is 13.0. The Hall–Kier alpha value is -8.33. The minimum Gasteiger partial charge on any atom is -0.507 e. The van der Waals surface area contributed by atoms with Gasteiger partial charge >= 0.3 is 11.9 Å². The summed E-state index contributed by atoms with van der Waals surface area (Å²) in [5.74, 6) is -4.47. The standard InChI is InChI=1S/C53H48N4O17S4/c1-24-15-26(3)48(56-75(64,65)33-17-28(5)50(58)38(20-33)52(60)61)30(7)46(24)54-32-13-14-35-41(19-32)74-42-23-40(44(78(71,72)73)22-37(42)45(35)36-11-9-10-12-43(36)77(68,69)70)55-47-25(2)16-27(4)49(31(47)8)57-76(66,67)34-18-29(6)51(59)39(21-34)53(62)63/h9-23,54,56-59H,1-8H3,(H,60,61)(H,62,63)(H,68,69,70)(H,71,72,73)/b55-40+. The maximum absolute atomic E-state index is 13.9. The molecule has 0 atom stereocenters. The van der Waals surface area contributed by atoms with Crippen LogP contribution in [0.4, 0.5) is 28.4 Å². The lowest BCUT2D eigenvalue weighted by atomic mass is 9.93. The topological polar surface area (TPSA) is 354 Å². The molecule has 6 aromatic rings. The second-order valence-electron chi connectivity index (χ2n) is 18.5. The first-order valence-corrected chi connectivity index (χ1v) is 28.9. The van der Waals surface area contributed by atoms with Crippen LogP contribution in [-0.4, -0.2) is 75.1 Å². The van der Waals surface area contributed by atoms with Gasteiger partial charge in [-0.3, -0.25) is 18.5 Å². The summed E-state index contributed by atoms with van der Waals surface area (Å²) in [7, 11) is -19.2. The Morgan fingerprint density at radius 3 is 1.55 bits per heavy atom. The summed E-state index contributed by atoms with van der Waals surface area (Å²) in [6.45, 7) is 12.4. The molecule has 0 saturated carbocycles. The third kappa shape index (κ3) is 10.4. The molecule has 6 aromatic carbocycles. The van der Waals surface area contributed by atoms with Crippen molar-refractivity contribution in [2.24, 2.45) is 4.99 Å². The highest BCUT2D eigenvalue weighted by atomic mass is 32.2. The number of rotatable bonds is 14. The SMILES string of the molecule is Cc1cc(S(=O)(=O)Nc2c(C)cc(C)c(/N=c3\cc4oc5cc(Nc6c(C)cc(C)c(NS(=O)(=O)c7cc(C)c(O)c(C(=O)O)c7)c6C)ccc5c(-c5ccccc5S(=O)(=O)O)c-4cc3S(=O)(=O)O)c2C)cc(C(=O)O)c1O. The van der Waals surface area contributed by atoms with Gasteiger partial charge in [0.05, 0.1) is 32.2 Å². The van der Waals surface area contributed by atoms with Crippen LogP contribution in [0.15, 0.2) is 120 Å². The number of carbonyl (C=O) groups is 2. The number of carboxylic acid groups (broad SMARTS) is 2. The Morgan fingerprint density at radius 1 is 0.526 bits per heavy atom. The zero-order valence-corrected chi connectivity index (χ0v) is 45.7. The molecule has 21 nitrogen and oxygen atoms in total. The number of hydrogen-bond acceptors (Lipinski definition) is 15. The van der Waals surface area contributed by atoms with Gasteiger partial charge in [0.15, 0.2) is 0 Å². The van der Waals surface area contributed by atoms with E-state index in [-0.39, 0.29) is 67.2 Å². The Morgan fingerprint density at radius 2 is 1.03 bits per heavy atom. The molecule has 0 aromatic heterocycles. The van der Waals surface area contributed by atoms with E-state index in [1.54, 1.807) is 52.8 Å². The maximum atomic E-state index is 13.9. The van der Waals surface area contributed by atoms with Crippen LogP contribution in [0, 0.1) is 55.4 Å². The normalized spacial score (nSPS) is 12.5. The number of sulfonamides is 2. The molecule has 0 fully saturated rings. The zero-order chi connectivity index (χ0) is 57.5. The summed E-state index contributed by atoms with van der Waals surface area (Å²) >= 11 is 0. The monoisotopic (exact) mass is 1140 g/mol. The molecule has 8 rings (SSSR count). The average molecular weight is 1140 g/mol. The molecule has 0 spiro atoms. The largest absolute Gasteiger partial charge is 0.507 e. The molecule has 78 heavy (non-hydrogen) atoms. The smallest absolute Gasteiger partial charge is 0.339 e. The number of hydrogen-bond donors (Lipinski definition) is 9. The van der Waals surface area contributed by atoms with Crippen LogP contribution < -0.4 is 20.1 Å². The number of phenols is 2. The molecule has 0 saturated heterocycles. The summed E-state index contributed by atoms with van der Waals surface area (Å²) in [5.41, 5.74) is 1.90. The fourth-order valence-corrected chi connectivity index (χ4v) is 13.2. The van der Waals surface area contributed by atoms with E-state index < -0.39 is 99.8 Å². The molecule has 2 aliphatic rings. The molecule has 25 heteroatoms. The first-order valence-electron chi connectivity index (χ1n) is 23.0. The van der Waals surface area contributed by atoms with Gasteiger partial charge in [0.1, 0.15) is 43.8 Å². The van der Waals surface area contributed by atoms with E-state index in [1.807, 2.05) is 0 Å². The number of benzene rings is 7. The summed E-state index contributed by atoms with van der Waals surface area (Å²) in [6.07, 6.45) is 0. The van der Waals surface area contributed by atoms with Gasteiger partial charge in [-0.2, -0.15) is 16.8 Å². The first kappa shape index (κ1) is 55.9. The highest BCUT2D eigenvalue weighted by Crippen LogP contribution is 2.45. The van der Waals surface area contributed by atoms with Crippen molar-refractivity contribution in [1.29, 1.82) is 0 Å². The molecular formula is C53H48N4O17S4. The quantitative estimate of drug-likeness (QED) is 0.0361. The molecule has 0 radical (unpaired) electrons. The van der Waals surface area contributed by atoms with Crippen molar-refractivity contribution >= 4 is 91.6 Å². The van der Waals surface area contributed by atoms with Gasteiger partial charge in [0.25, 0.3) is 40.3 Å². The van der Waals surface area contributed by atoms with E-state index >= 15 is 0 Å². The van der Waals surface area contributed by atoms with E-state index in [1.165, 1.54) is 51.1 Å². The minimum atomic E-state index is -5.23. The van der Waals surface area contributed by atoms with Crippen LogP contribution in [0.2, 0.25) is 0 Å². The number of anilines is 4. The van der Waals surface area contributed by atoms with Gasteiger partial charge in [0, 0.05) is 45.6 Å². The number of aromatic hydroxyl groups is 2. The third-order valence-corrected chi connectivity index (χ3v) is 17.5. The Labute approximate surface area is 447 Å². The second-order valence-corrected chi connectivity index (χ2v) is 24.7. The van der Waals surface area contributed by atoms with Crippen molar-refractivity contribution in [2.75, 3.05) is 14.8 Å². The Balaban J connectivity index is 1.32. The van der Waals surface area contributed by atoms with Crippen LogP contribution in [-0.2, 0) is 40.3 Å². The minimum absolute atomic E-state index is 0.0105. The van der Waals surface area contributed by atoms with Gasteiger partial charge in [0.2, 0.25) is 0 Å². The molecule has 1 aliphatic carbocycles. The molecule has 0 amide bonds. The average Bonchev–Trinajstić information content (AvgIpc) is 3.42. The van der Waals surface area contributed by atoms with Crippen molar-refractivity contribution in [2.45, 2.75) is 75.0 Å². The van der Waals surface area contributed by atoms with Crippen LogP contribution in [0.25, 0.3) is 33.4 Å². The fraction of sp³-hybridized carbons (Fsp3) is 0.151. The van der Waals surface area contributed by atoms with E-state index in [2.05, 4.69) is 19.8 Å². The molecule has 1 aliphatic heterocycles. The molecule has 9 N–H and O–H groups in total. The summed E-state index contributed by atoms with van der Waals surface area (Å²) in [4.78, 5) is 26.1. The highest BCUT2D eigenvalue weighted by Gasteiger charge is 2.29. The fourth-order valence-electron chi connectivity index (χ4n) is 9.29. The van der Waals surface area contributed by atoms with E-state index in [0.29, 0.717) is 39.2 Å². The second kappa shape index (κ2) is 19.9. The Kier molecular flexibility index (Phi) is 14.3. The van der Waals surface area contributed by atoms with Crippen LogP contribution >= 0.6 is 0 Å². The lowest BCUT2D eigenvalue weighted by molar-refractivity contribution is 0.0682. The number of carboxylic acids is 2. The predicted molar refractivity (Wildman–Crippen MR) is 289 cm³/mol. The van der Waals surface area contributed by atoms with Crippen LogP contribution in [0.5, 0.6) is 11.5 Å². The van der Waals surface area contributed by atoms with E-state index in [9.17, 15) is 72.8 Å². The van der Waals surface area contributed by atoms with Crippen LogP contribution in [0.1, 0.15) is 65.2 Å². The molecule has 406 valence electrons. The van der Waals surface area contributed by atoms with Crippen molar-refractivity contribution < 1.29 is 77.2 Å².